The quantitative estimate of drug-likeness (QED) is 0.284. The number of amides is 2. The molecule has 0 unspecified atom stereocenters. The number of aromatic nitrogens is 4. The summed E-state index contributed by atoms with van der Waals surface area (Å²) in [4.78, 5) is 24.4. The van der Waals surface area contributed by atoms with Gasteiger partial charge >= 0.3 is 18.4 Å². The third-order valence-electron chi connectivity index (χ3n) is 4.68. The number of benzene rings is 2. The van der Waals surface area contributed by atoms with Crippen LogP contribution in [0.4, 0.5) is 54.0 Å². The number of nitrogens with zero attached hydrogens (tertiary/aromatic N) is 4. The molecule has 0 aliphatic rings. The van der Waals surface area contributed by atoms with E-state index in [1.165, 1.54) is 18.5 Å². The van der Waals surface area contributed by atoms with Gasteiger partial charge in [0.1, 0.15) is 24.3 Å². The Morgan fingerprint density at radius 2 is 1.39 bits per heavy atom. The number of nitrogens with one attached hydrogen (secondary N) is 3. The average molecular weight is 507 g/mol. The number of anilines is 4. The monoisotopic (exact) mass is 507 g/mol. The van der Waals surface area contributed by atoms with Crippen LogP contribution in [0, 0.1) is 0 Å². The topological polar surface area (TPSA) is 96.8 Å². The highest BCUT2D eigenvalue weighted by molar-refractivity contribution is 6.00. The first-order chi connectivity index (χ1) is 17.0. The second-order valence-electron chi connectivity index (χ2n) is 7.31. The van der Waals surface area contributed by atoms with Crippen molar-refractivity contribution in [1.29, 1.82) is 0 Å². The molecule has 0 aliphatic carbocycles. The Morgan fingerprint density at radius 1 is 0.778 bits per heavy atom. The molecule has 0 aliphatic heterocycles. The fourth-order valence-electron chi connectivity index (χ4n) is 3.06. The number of alkyl halides is 6. The number of imidazole rings is 1. The van der Waals surface area contributed by atoms with Gasteiger partial charge in [0.25, 0.3) is 0 Å². The summed E-state index contributed by atoms with van der Waals surface area (Å²) in [6.07, 6.45) is -3.82. The van der Waals surface area contributed by atoms with Gasteiger partial charge in [-0.05, 0) is 42.5 Å². The van der Waals surface area contributed by atoms with Gasteiger partial charge in [0.05, 0.1) is 11.1 Å². The Morgan fingerprint density at radius 3 is 1.97 bits per heavy atom. The summed E-state index contributed by atoms with van der Waals surface area (Å²) in [6, 6.07) is 7.59. The molecule has 2 aromatic carbocycles. The van der Waals surface area contributed by atoms with E-state index in [0.29, 0.717) is 29.5 Å². The van der Waals surface area contributed by atoms with Crippen LogP contribution in [0.25, 0.3) is 5.82 Å². The molecule has 2 heterocycles. The number of carbonyl (C=O) groups excluding carboxylic acids is 1. The van der Waals surface area contributed by atoms with Crippen LogP contribution in [0.2, 0.25) is 0 Å². The Bertz CT molecular complexity index is 1320. The lowest BCUT2D eigenvalue weighted by atomic mass is 10.1. The maximum Gasteiger partial charge on any atom is 0.416 e. The van der Waals surface area contributed by atoms with E-state index in [1.807, 2.05) is 5.32 Å². The first kappa shape index (κ1) is 24.5. The minimum atomic E-state index is -5.03. The Balaban J connectivity index is 1.42. The molecule has 8 nitrogen and oxygen atoms in total. The second kappa shape index (κ2) is 9.56. The molecule has 0 saturated carbocycles. The smallest absolute Gasteiger partial charge is 0.340 e. The summed E-state index contributed by atoms with van der Waals surface area (Å²) in [5.74, 6) is 1.04. The molecule has 4 rings (SSSR count). The van der Waals surface area contributed by atoms with Gasteiger partial charge in [-0.1, -0.05) is 0 Å². The standard InChI is InChI=1S/C22H15F6N7O/c23-21(24,25)13-7-14(22(26,27)28)9-17(8-13)34-20(36)33-16-3-1-15(2-4-16)32-18-10-19(31-11-30-18)35-6-5-29-12-35/h1-12H,(H,30,31,32)(H2,33,34,36). The number of hydrogen-bond acceptors (Lipinski definition) is 5. The van der Waals surface area contributed by atoms with Gasteiger partial charge in [0.2, 0.25) is 0 Å². The first-order valence-corrected chi connectivity index (χ1v) is 10.0. The van der Waals surface area contributed by atoms with Crippen LogP contribution >= 0.6 is 0 Å². The molecule has 14 heteroatoms. The zero-order valence-corrected chi connectivity index (χ0v) is 17.9. The van der Waals surface area contributed by atoms with Crippen molar-refractivity contribution in [3.05, 3.63) is 84.7 Å². The van der Waals surface area contributed by atoms with Gasteiger partial charge in [0.15, 0.2) is 0 Å². The lowest BCUT2D eigenvalue weighted by Gasteiger charge is -2.15. The van der Waals surface area contributed by atoms with Crippen molar-refractivity contribution in [2.45, 2.75) is 12.4 Å². The molecule has 0 atom stereocenters. The lowest BCUT2D eigenvalue weighted by Crippen LogP contribution is -2.20. The molecular weight excluding hydrogens is 492 g/mol. The zero-order valence-electron chi connectivity index (χ0n) is 17.9. The third-order valence-corrected chi connectivity index (χ3v) is 4.68. The molecule has 36 heavy (non-hydrogen) atoms. The lowest BCUT2D eigenvalue weighted by molar-refractivity contribution is -0.143. The SMILES string of the molecule is O=C(Nc1ccc(Nc2cc(-n3ccnc3)ncn2)cc1)Nc1cc(C(F)(F)F)cc(C(F)(F)F)c1. The summed E-state index contributed by atoms with van der Waals surface area (Å²) in [5.41, 5.74) is -2.91. The predicted octanol–water partition coefficient (Wildman–Crippen LogP) is 6.09. The van der Waals surface area contributed by atoms with Gasteiger partial charge < -0.3 is 16.0 Å². The van der Waals surface area contributed by atoms with Crippen molar-refractivity contribution in [3.63, 3.8) is 0 Å². The number of rotatable bonds is 5. The molecule has 0 bridgehead atoms. The van der Waals surface area contributed by atoms with Crippen LogP contribution in [0.5, 0.6) is 0 Å². The van der Waals surface area contributed by atoms with Gasteiger partial charge in [0, 0.05) is 35.5 Å². The van der Waals surface area contributed by atoms with Crippen LogP contribution in [0.1, 0.15) is 11.1 Å². The van der Waals surface area contributed by atoms with E-state index in [4.69, 9.17) is 0 Å². The number of halogens is 6. The maximum atomic E-state index is 13.0. The van der Waals surface area contributed by atoms with Crippen molar-refractivity contribution >= 4 is 28.9 Å². The van der Waals surface area contributed by atoms with E-state index in [2.05, 4.69) is 25.6 Å². The largest absolute Gasteiger partial charge is 0.416 e. The predicted molar refractivity (Wildman–Crippen MR) is 118 cm³/mol. The molecule has 0 spiro atoms. The third kappa shape index (κ3) is 6.08. The normalized spacial score (nSPS) is 11.7. The van der Waals surface area contributed by atoms with Gasteiger partial charge in [-0.3, -0.25) is 4.57 Å². The van der Waals surface area contributed by atoms with Crippen LogP contribution in [0.15, 0.2) is 73.6 Å². The minimum Gasteiger partial charge on any atom is -0.340 e. The molecule has 0 fully saturated rings. The van der Waals surface area contributed by atoms with Crippen molar-refractivity contribution in [3.8, 4) is 5.82 Å². The number of urea groups is 1. The summed E-state index contributed by atoms with van der Waals surface area (Å²) >= 11 is 0. The zero-order chi connectivity index (χ0) is 25.9. The first-order valence-electron chi connectivity index (χ1n) is 10.0. The molecule has 186 valence electrons. The van der Waals surface area contributed by atoms with E-state index in [-0.39, 0.29) is 11.8 Å². The molecule has 4 aromatic rings. The molecule has 2 amide bonds. The average Bonchev–Trinajstić information content (AvgIpc) is 3.34. The summed E-state index contributed by atoms with van der Waals surface area (Å²) in [7, 11) is 0. The highest BCUT2D eigenvalue weighted by atomic mass is 19.4. The number of carbonyl (C=O) groups is 1. The van der Waals surface area contributed by atoms with Crippen LogP contribution < -0.4 is 16.0 Å². The number of hydrogen-bond donors (Lipinski definition) is 3. The van der Waals surface area contributed by atoms with E-state index >= 15 is 0 Å². The van der Waals surface area contributed by atoms with Crippen molar-refractivity contribution in [1.82, 2.24) is 19.5 Å². The van der Waals surface area contributed by atoms with Crippen LogP contribution in [-0.2, 0) is 12.4 Å². The van der Waals surface area contributed by atoms with E-state index in [0.717, 1.165) is 0 Å². The summed E-state index contributed by atoms with van der Waals surface area (Å²) in [6.45, 7) is 0. The van der Waals surface area contributed by atoms with Crippen molar-refractivity contribution in [2.24, 2.45) is 0 Å². The highest BCUT2D eigenvalue weighted by Gasteiger charge is 2.37. The Labute approximate surface area is 199 Å². The van der Waals surface area contributed by atoms with E-state index in [1.54, 1.807) is 41.5 Å². The van der Waals surface area contributed by atoms with E-state index < -0.39 is 35.2 Å². The maximum absolute atomic E-state index is 13.0. The van der Waals surface area contributed by atoms with Gasteiger partial charge in [-0.25, -0.2) is 19.7 Å². The minimum absolute atomic E-state index is 0.0230. The fourth-order valence-corrected chi connectivity index (χ4v) is 3.06. The van der Waals surface area contributed by atoms with Crippen molar-refractivity contribution < 1.29 is 31.1 Å². The molecule has 2 aromatic heterocycles. The van der Waals surface area contributed by atoms with Crippen molar-refractivity contribution in [2.75, 3.05) is 16.0 Å². The Hall–Kier alpha value is -4.62. The highest BCUT2D eigenvalue weighted by Crippen LogP contribution is 2.37. The summed E-state index contributed by atoms with van der Waals surface area (Å²) < 4.78 is 79.6. The Kier molecular flexibility index (Phi) is 6.51. The van der Waals surface area contributed by atoms with Crippen LogP contribution in [-0.4, -0.2) is 25.6 Å². The molecular formula is C22H15F6N7O. The van der Waals surface area contributed by atoms with Gasteiger partial charge in [-0.15, -0.1) is 0 Å². The molecule has 3 N–H and O–H groups in total. The van der Waals surface area contributed by atoms with E-state index in [9.17, 15) is 31.1 Å². The van der Waals surface area contributed by atoms with Crippen LogP contribution in [0.3, 0.4) is 0 Å². The summed E-state index contributed by atoms with van der Waals surface area (Å²) in [5, 5.41) is 7.39. The molecule has 0 radical (unpaired) electrons. The molecule has 0 saturated heterocycles. The second-order valence-corrected chi connectivity index (χ2v) is 7.31. The van der Waals surface area contributed by atoms with Gasteiger partial charge in [-0.2, -0.15) is 26.3 Å². The fraction of sp³-hybridized carbons (Fsp3) is 0.0909.